The fourth-order valence-corrected chi connectivity index (χ4v) is 2.33. The topological polar surface area (TPSA) is 78.1 Å². The minimum atomic E-state index is 0.423. The van der Waals surface area contributed by atoms with E-state index in [1.165, 1.54) is 11.3 Å². The third-order valence-corrected chi connectivity index (χ3v) is 3.49. The Morgan fingerprint density at radius 1 is 1.41 bits per heavy atom. The van der Waals surface area contributed by atoms with Crippen LogP contribution in [0.3, 0.4) is 0 Å². The molecule has 0 bridgehead atoms. The molecule has 0 fully saturated rings. The van der Waals surface area contributed by atoms with Crippen LogP contribution in [0.5, 0.6) is 0 Å². The van der Waals surface area contributed by atoms with Crippen molar-refractivity contribution in [2.45, 2.75) is 6.92 Å². The molecule has 0 radical (unpaired) electrons. The predicted octanol–water partition coefficient (Wildman–Crippen LogP) is 2.95. The van der Waals surface area contributed by atoms with Crippen LogP contribution < -0.4 is 5.73 Å². The van der Waals surface area contributed by atoms with E-state index in [-0.39, 0.29) is 0 Å². The quantitative estimate of drug-likeness (QED) is 0.753. The predicted molar refractivity (Wildman–Crippen MR) is 64.5 cm³/mol. The van der Waals surface area contributed by atoms with E-state index in [2.05, 4.69) is 10.1 Å². The largest absolute Gasteiger partial charge is 0.461 e. The second-order valence-electron chi connectivity index (χ2n) is 3.56. The van der Waals surface area contributed by atoms with Gasteiger partial charge < -0.3 is 14.7 Å². The lowest BCUT2D eigenvalue weighted by Gasteiger charge is -1.91. The van der Waals surface area contributed by atoms with Crippen LogP contribution in [0.2, 0.25) is 0 Å². The lowest BCUT2D eigenvalue weighted by Crippen LogP contribution is -1.87. The van der Waals surface area contributed by atoms with E-state index in [0.29, 0.717) is 23.2 Å². The van der Waals surface area contributed by atoms with Crippen molar-refractivity contribution in [3.05, 3.63) is 29.3 Å². The molecule has 86 valence electrons. The Labute approximate surface area is 101 Å². The molecule has 3 aromatic heterocycles. The number of aromatic nitrogens is 2. The van der Waals surface area contributed by atoms with Gasteiger partial charge in [-0.05, 0) is 30.0 Å². The summed E-state index contributed by atoms with van der Waals surface area (Å²) in [6, 6.07) is 3.55. The van der Waals surface area contributed by atoms with Gasteiger partial charge in [-0.2, -0.15) is 4.98 Å². The van der Waals surface area contributed by atoms with Crippen LogP contribution in [0.1, 0.15) is 5.56 Å². The normalized spacial score (nSPS) is 10.9. The number of thiophene rings is 1. The average Bonchev–Trinajstić information content (AvgIpc) is 3.01. The van der Waals surface area contributed by atoms with E-state index in [1.807, 2.05) is 12.3 Å². The third kappa shape index (κ3) is 1.62. The minimum Gasteiger partial charge on any atom is -0.461 e. The standard InChI is InChI=1S/C11H9N3O2S/c1-6-5-17-9(8(6)12)11-13-10(14-16-11)7-3-2-4-15-7/h2-5H,12H2,1H3. The summed E-state index contributed by atoms with van der Waals surface area (Å²) in [7, 11) is 0. The number of nitrogens with two attached hydrogens (primary N) is 1. The maximum Gasteiger partial charge on any atom is 0.270 e. The first-order valence-corrected chi connectivity index (χ1v) is 5.85. The SMILES string of the molecule is Cc1csc(-c2nc(-c3ccco3)no2)c1N. The van der Waals surface area contributed by atoms with Crippen LogP contribution >= 0.6 is 11.3 Å². The highest BCUT2D eigenvalue weighted by molar-refractivity contribution is 7.14. The number of anilines is 1. The molecule has 0 saturated carbocycles. The smallest absolute Gasteiger partial charge is 0.270 e. The molecule has 3 heterocycles. The molecule has 0 aromatic carbocycles. The molecule has 0 aliphatic rings. The number of furan rings is 1. The Morgan fingerprint density at radius 3 is 2.94 bits per heavy atom. The molecule has 5 nitrogen and oxygen atoms in total. The van der Waals surface area contributed by atoms with Gasteiger partial charge in [0.2, 0.25) is 5.82 Å². The van der Waals surface area contributed by atoms with Crippen LogP contribution in [0.25, 0.3) is 22.4 Å². The van der Waals surface area contributed by atoms with Crippen molar-refractivity contribution < 1.29 is 8.94 Å². The summed E-state index contributed by atoms with van der Waals surface area (Å²) < 4.78 is 10.4. The number of hydrogen-bond acceptors (Lipinski definition) is 6. The molecule has 0 spiro atoms. The van der Waals surface area contributed by atoms with Gasteiger partial charge in [0.1, 0.15) is 4.88 Å². The Hall–Kier alpha value is -2.08. The summed E-state index contributed by atoms with van der Waals surface area (Å²) in [5.41, 5.74) is 7.62. The molecule has 17 heavy (non-hydrogen) atoms. The van der Waals surface area contributed by atoms with Crippen LogP contribution in [0.15, 0.2) is 32.7 Å². The van der Waals surface area contributed by atoms with Crippen LogP contribution in [-0.2, 0) is 0 Å². The molecule has 0 atom stereocenters. The zero-order valence-corrected chi connectivity index (χ0v) is 9.82. The summed E-state index contributed by atoms with van der Waals surface area (Å²) in [6.07, 6.45) is 1.56. The Kier molecular flexibility index (Phi) is 2.22. The highest BCUT2D eigenvalue weighted by Gasteiger charge is 2.16. The molecule has 0 amide bonds. The first-order chi connectivity index (χ1) is 8.25. The van der Waals surface area contributed by atoms with Crippen molar-refractivity contribution in [1.82, 2.24) is 10.1 Å². The third-order valence-electron chi connectivity index (χ3n) is 2.38. The highest BCUT2D eigenvalue weighted by Crippen LogP contribution is 2.34. The van der Waals surface area contributed by atoms with Crippen molar-refractivity contribution in [3.8, 4) is 22.4 Å². The van der Waals surface area contributed by atoms with Gasteiger partial charge in [-0.1, -0.05) is 5.16 Å². The van der Waals surface area contributed by atoms with Crippen LogP contribution in [0, 0.1) is 6.92 Å². The van der Waals surface area contributed by atoms with Crippen molar-refractivity contribution in [1.29, 1.82) is 0 Å². The van der Waals surface area contributed by atoms with Gasteiger partial charge in [0.05, 0.1) is 12.0 Å². The maximum atomic E-state index is 5.92. The fraction of sp³-hybridized carbons (Fsp3) is 0.0909. The molecule has 0 unspecified atom stereocenters. The number of aryl methyl sites for hydroxylation is 1. The molecule has 2 N–H and O–H groups in total. The molecule has 3 aromatic rings. The van der Waals surface area contributed by atoms with Crippen molar-refractivity contribution in [3.63, 3.8) is 0 Å². The first-order valence-electron chi connectivity index (χ1n) is 4.97. The van der Waals surface area contributed by atoms with Gasteiger partial charge in [0, 0.05) is 0 Å². The van der Waals surface area contributed by atoms with Crippen LogP contribution in [-0.4, -0.2) is 10.1 Å². The summed E-state index contributed by atoms with van der Waals surface area (Å²) in [6.45, 7) is 1.94. The Bertz CT molecular complexity index is 640. The molecule has 0 aliphatic carbocycles. The van der Waals surface area contributed by atoms with Crippen molar-refractivity contribution >= 4 is 17.0 Å². The molecule has 3 rings (SSSR count). The molecule has 6 heteroatoms. The Morgan fingerprint density at radius 2 is 2.29 bits per heavy atom. The number of nitrogens with zero attached hydrogens (tertiary/aromatic N) is 2. The summed E-state index contributed by atoms with van der Waals surface area (Å²) in [4.78, 5) is 5.05. The average molecular weight is 247 g/mol. The second kappa shape index (κ2) is 3.74. The van der Waals surface area contributed by atoms with Gasteiger partial charge in [0.15, 0.2) is 5.76 Å². The van der Waals surface area contributed by atoms with E-state index >= 15 is 0 Å². The minimum absolute atomic E-state index is 0.423. The van der Waals surface area contributed by atoms with Gasteiger partial charge in [-0.3, -0.25) is 0 Å². The zero-order chi connectivity index (χ0) is 11.8. The van der Waals surface area contributed by atoms with Gasteiger partial charge in [-0.15, -0.1) is 11.3 Å². The van der Waals surface area contributed by atoms with E-state index in [9.17, 15) is 0 Å². The van der Waals surface area contributed by atoms with E-state index < -0.39 is 0 Å². The van der Waals surface area contributed by atoms with Crippen molar-refractivity contribution in [2.24, 2.45) is 0 Å². The second-order valence-corrected chi connectivity index (χ2v) is 4.44. The molecular formula is C11H9N3O2S. The van der Waals surface area contributed by atoms with E-state index in [0.717, 1.165) is 10.4 Å². The molecule has 0 saturated heterocycles. The summed E-state index contributed by atoms with van der Waals surface area (Å²) >= 11 is 1.49. The molecule has 0 aliphatic heterocycles. The number of nitrogen functional groups attached to an aromatic ring is 1. The maximum absolute atomic E-state index is 5.92. The first kappa shape index (κ1) is 10.1. The highest BCUT2D eigenvalue weighted by atomic mass is 32.1. The zero-order valence-electron chi connectivity index (χ0n) is 9.01. The van der Waals surface area contributed by atoms with Crippen LogP contribution in [0.4, 0.5) is 5.69 Å². The summed E-state index contributed by atoms with van der Waals surface area (Å²) in [5, 5.41) is 5.82. The van der Waals surface area contributed by atoms with Gasteiger partial charge >= 0.3 is 0 Å². The lowest BCUT2D eigenvalue weighted by atomic mass is 10.3. The number of hydrogen-bond donors (Lipinski definition) is 1. The number of rotatable bonds is 2. The Balaban J connectivity index is 2.04. The van der Waals surface area contributed by atoms with E-state index in [1.54, 1.807) is 18.4 Å². The van der Waals surface area contributed by atoms with Gasteiger partial charge in [-0.25, -0.2) is 0 Å². The lowest BCUT2D eigenvalue weighted by molar-refractivity contribution is 0.430. The van der Waals surface area contributed by atoms with E-state index in [4.69, 9.17) is 14.7 Å². The monoisotopic (exact) mass is 247 g/mol. The van der Waals surface area contributed by atoms with Crippen molar-refractivity contribution in [2.75, 3.05) is 5.73 Å². The van der Waals surface area contributed by atoms with Gasteiger partial charge in [0.25, 0.3) is 5.89 Å². The fourth-order valence-electron chi connectivity index (χ4n) is 1.44. The summed E-state index contributed by atoms with van der Waals surface area (Å²) in [5.74, 6) is 1.43. The molecular weight excluding hydrogens is 238 g/mol.